The molecule has 0 unspecified atom stereocenters. The number of pyridine rings is 1. The minimum atomic E-state index is 0.472. The van der Waals surface area contributed by atoms with E-state index in [4.69, 9.17) is 17.3 Å². The van der Waals surface area contributed by atoms with Gasteiger partial charge in [-0.15, -0.1) is 0 Å². The number of anilines is 2. The standard InChI is InChI=1S/C13H14ClN5/c14-10-6-12(19-13(18-10)8-4-5-8)16-7-9-2-1-3-11(15)17-9/h1-3,6,8H,4-5,7H2,(H2,15,17)(H,16,18,19). The van der Waals surface area contributed by atoms with Gasteiger partial charge >= 0.3 is 0 Å². The van der Waals surface area contributed by atoms with E-state index in [1.54, 1.807) is 12.1 Å². The Morgan fingerprint density at radius 1 is 1.26 bits per heavy atom. The number of hydrogen-bond donors (Lipinski definition) is 2. The molecule has 1 saturated carbocycles. The molecule has 1 fully saturated rings. The number of nitrogens with zero attached hydrogens (tertiary/aromatic N) is 3. The van der Waals surface area contributed by atoms with Crippen LogP contribution in [-0.2, 0) is 6.54 Å². The normalized spacial score (nSPS) is 14.4. The number of aromatic nitrogens is 3. The molecular weight excluding hydrogens is 262 g/mol. The molecule has 1 aliphatic carbocycles. The first kappa shape index (κ1) is 12.2. The van der Waals surface area contributed by atoms with Crippen LogP contribution in [0.5, 0.6) is 0 Å². The third kappa shape index (κ3) is 3.12. The fraction of sp³-hybridized carbons (Fsp3) is 0.308. The second-order valence-corrected chi connectivity index (χ2v) is 5.00. The maximum Gasteiger partial charge on any atom is 0.135 e. The molecule has 0 aromatic carbocycles. The number of nitrogen functional groups attached to an aromatic ring is 1. The minimum absolute atomic E-state index is 0.472. The molecule has 0 atom stereocenters. The van der Waals surface area contributed by atoms with Gasteiger partial charge in [0.25, 0.3) is 0 Å². The quantitative estimate of drug-likeness (QED) is 0.839. The lowest BCUT2D eigenvalue weighted by Gasteiger charge is -2.07. The van der Waals surface area contributed by atoms with Crippen molar-refractivity contribution in [3.05, 3.63) is 40.9 Å². The van der Waals surface area contributed by atoms with Gasteiger partial charge in [0, 0.05) is 12.0 Å². The summed E-state index contributed by atoms with van der Waals surface area (Å²) in [5.74, 6) is 2.55. The van der Waals surface area contributed by atoms with Crippen molar-refractivity contribution < 1.29 is 0 Å². The fourth-order valence-corrected chi connectivity index (χ4v) is 2.02. The highest BCUT2D eigenvalue weighted by atomic mass is 35.5. The van der Waals surface area contributed by atoms with E-state index in [0.717, 1.165) is 30.2 Å². The van der Waals surface area contributed by atoms with Gasteiger partial charge in [-0.3, -0.25) is 0 Å². The highest BCUT2D eigenvalue weighted by Gasteiger charge is 2.27. The average molecular weight is 276 g/mol. The van der Waals surface area contributed by atoms with E-state index in [0.29, 0.717) is 23.4 Å². The Kier molecular flexibility index (Phi) is 3.21. The number of halogens is 1. The zero-order valence-electron chi connectivity index (χ0n) is 10.3. The third-order valence-corrected chi connectivity index (χ3v) is 3.13. The van der Waals surface area contributed by atoms with Crippen LogP contribution in [0.2, 0.25) is 5.15 Å². The molecule has 0 bridgehead atoms. The van der Waals surface area contributed by atoms with Crippen molar-refractivity contribution in [1.29, 1.82) is 0 Å². The Labute approximate surface area is 116 Å². The van der Waals surface area contributed by atoms with E-state index in [1.807, 2.05) is 12.1 Å². The summed E-state index contributed by atoms with van der Waals surface area (Å²) in [5, 5.41) is 3.67. The van der Waals surface area contributed by atoms with E-state index in [9.17, 15) is 0 Å². The van der Waals surface area contributed by atoms with E-state index < -0.39 is 0 Å². The Bertz CT molecular complexity index is 597. The topological polar surface area (TPSA) is 76.7 Å². The van der Waals surface area contributed by atoms with E-state index in [1.165, 1.54) is 0 Å². The fourth-order valence-electron chi connectivity index (χ4n) is 1.83. The first-order chi connectivity index (χ1) is 9.20. The summed E-state index contributed by atoms with van der Waals surface area (Å²) in [6, 6.07) is 7.27. The van der Waals surface area contributed by atoms with E-state index >= 15 is 0 Å². The van der Waals surface area contributed by atoms with E-state index in [-0.39, 0.29) is 0 Å². The number of nitrogens with two attached hydrogens (primary N) is 1. The summed E-state index contributed by atoms with van der Waals surface area (Å²) >= 11 is 6.00. The van der Waals surface area contributed by atoms with Crippen molar-refractivity contribution in [2.45, 2.75) is 25.3 Å². The van der Waals surface area contributed by atoms with Gasteiger partial charge in [-0.1, -0.05) is 17.7 Å². The molecule has 0 aliphatic heterocycles. The molecule has 3 N–H and O–H groups in total. The molecule has 1 aliphatic rings. The van der Waals surface area contributed by atoms with Crippen molar-refractivity contribution in [2.75, 3.05) is 11.1 Å². The predicted molar refractivity (Wildman–Crippen MR) is 75.0 cm³/mol. The van der Waals surface area contributed by atoms with Crippen LogP contribution in [0.4, 0.5) is 11.6 Å². The lowest BCUT2D eigenvalue weighted by atomic mass is 10.3. The van der Waals surface area contributed by atoms with Crippen LogP contribution in [0.1, 0.15) is 30.3 Å². The Morgan fingerprint density at radius 3 is 2.84 bits per heavy atom. The van der Waals surface area contributed by atoms with Crippen LogP contribution in [0, 0.1) is 0 Å². The van der Waals surface area contributed by atoms with Gasteiger partial charge in [-0.2, -0.15) is 0 Å². The third-order valence-electron chi connectivity index (χ3n) is 2.93. The maximum atomic E-state index is 6.00. The molecule has 2 heterocycles. The average Bonchev–Trinajstić information content (AvgIpc) is 3.20. The molecule has 0 saturated heterocycles. The smallest absolute Gasteiger partial charge is 0.135 e. The summed E-state index contributed by atoms with van der Waals surface area (Å²) < 4.78 is 0. The van der Waals surface area contributed by atoms with Crippen molar-refractivity contribution in [3.8, 4) is 0 Å². The first-order valence-corrected chi connectivity index (χ1v) is 6.58. The summed E-state index contributed by atoms with van der Waals surface area (Å²) in [6.45, 7) is 0.558. The zero-order chi connectivity index (χ0) is 13.2. The molecular formula is C13H14ClN5. The van der Waals surface area contributed by atoms with Gasteiger partial charge in [-0.25, -0.2) is 15.0 Å². The van der Waals surface area contributed by atoms with Crippen LogP contribution < -0.4 is 11.1 Å². The zero-order valence-corrected chi connectivity index (χ0v) is 11.1. The lowest BCUT2D eigenvalue weighted by molar-refractivity contribution is 0.917. The predicted octanol–water partition coefficient (Wildman–Crippen LogP) is 2.60. The molecule has 0 amide bonds. The molecule has 6 heteroatoms. The summed E-state index contributed by atoms with van der Waals surface area (Å²) in [7, 11) is 0. The number of nitrogens with one attached hydrogen (secondary N) is 1. The molecule has 19 heavy (non-hydrogen) atoms. The van der Waals surface area contributed by atoms with Crippen LogP contribution in [0.15, 0.2) is 24.3 Å². The van der Waals surface area contributed by atoms with E-state index in [2.05, 4.69) is 20.3 Å². The second kappa shape index (κ2) is 5.01. The Hall–Kier alpha value is -1.88. The minimum Gasteiger partial charge on any atom is -0.384 e. The van der Waals surface area contributed by atoms with Crippen LogP contribution in [0.25, 0.3) is 0 Å². The summed E-state index contributed by atoms with van der Waals surface area (Å²) in [5.41, 5.74) is 6.50. The molecule has 0 spiro atoms. The summed E-state index contributed by atoms with van der Waals surface area (Å²) in [6.07, 6.45) is 2.30. The monoisotopic (exact) mass is 275 g/mol. The van der Waals surface area contributed by atoms with Gasteiger partial charge in [0.1, 0.15) is 22.6 Å². The van der Waals surface area contributed by atoms with Crippen LogP contribution >= 0.6 is 11.6 Å². The SMILES string of the molecule is Nc1cccc(CNc2cc(Cl)nc(C3CC3)n2)n1. The molecule has 2 aromatic heterocycles. The van der Waals surface area contributed by atoms with Crippen molar-refractivity contribution in [2.24, 2.45) is 0 Å². The molecule has 0 radical (unpaired) electrons. The first-order valence-electron chi connectivity index (χ1n) is 6.20. The van der Waals surface area contributed by atoms with Gasteiger partial charge in [0.15, 0.2) is 0 Å². The Morgan fingerprint density at radius 2 is 2.11 bits per heavy atom. The summed E-state index contributed by atoms with van der Waals surface area (Å²) in [4.78, 5) is 12.9. The Balaban J connectivity index is 1.72. The van der Waals surface area contributed by atoms with Gasteiger partial charge in [0.2, 0.25) is 0 Å². The largest absolute Gasteiger partial charge is 0.384 e. The maximum absolute atomic E-state index is 6.00. The van der Waals surface area contributed by atoms with Crippen molar-refractivity contribution in [3.63, 3.8) is 0 Å². The van der Waals surface area contributed by atoms with Crippen molar-refractivity contribution in [1.82, 2.24) is 15.0 Å². The van der Waals surface area contributed by atoms with Crippen molar-refractivity contribution >= 4 is 23.2 Å². The second-order valence-electron chi connectivity index (χ2n) is 4.62. The number of rotatable bonds is 4. The highest BCUT2D eigenvalue weighted by Crippen LogP contribution is 2.38. The lowest BCUT2D eigenvalue weighted by Crippen LogP contribution is -2.06. The number of hydrogen-bond acceptors (Lipinski definition) is 5. The molecule has 2 aromatic rings. The van der Waals surface area contributed by atoms with Gasteiger partial charge in [0.05, 0.1) is 12.2 Å². The van der Waals surface area contributed by atoms with Crippen LogP contribution in [-0.4, -0.2) is 15.0 Å². The molecule has 3 rings (SSSR count). The van der Waals surface area contributed by atoms with Gasteiger partial charge < -0.3 is 11.1 Å². The molecule has 98 valence electrons. The van der Waals surface area contributed by atoms with Gasteiger partial charge in [-0.05, 0) is 25.0 Å². The highest BCUT2D eigenvalue weighted by molar-refractivity contribution is 6.29. The van der Waals surface area contributed by atoms with Crippen LogP contribution in [0.3, 0.4) is 0 Å². The molecule has 5 nitrogen and oxygen atoms in total.